The predicted octanol–water partition coefficient (Wildman–Crippen LogP) is 0.313. The average molecular weight is 206 g/mol. The predicted molar refractivity (Wildman–Crippen MR) is 40.3 cm³/mol. The molecule has 0 N–H and O–H groups in total. The van der Waals surface area contributed by atoms with Gasteiger partial charge < -0.3 is 18.9 Å². The summed E-state index contributed by atoms with van der Waals surface area (Å²) in [5, 5.41) is 0. The van der Waals surface area contributed by atoms with Crippen molar-refractivity contribution in [1.29, 1.82) is 0 Å². The lowest BCUT2D eigenvalue weighted by atomic mass is 10.2. The van der Waals surface area contributed by atoms with Gasteiger partial charge in [-0.2, -0.15) is 0 Å². The highest BCUT2D eigenvalue weighted by Crippen LogP contribution is 2.25. The topological polar surface area (TPSA) is 71.1 Å². The maximum Gasteiger partial charge on any atom is 0.510 e. The van der Waals surface area contributed by atoms with Crippen molar-refractivity contribution in [2.45, 2.75) is 17.6 Å². The van der Waals surface area contributed by atoms with Gasteiger partial charge in [-0.15, -0.1) is 12.6 Å². The molecule has 3 unspecified atom stereocenters. The number of thiol groups is 1. The Kier molecular flexibility index (Phi) is 1.95. The van der Waals surface area contributed by atoms with E-state index in [-0.39, 0.29) is 6.61 Å². The highest BCUT2D eigenvalue weighted by atomic mass is 32.1. The first-order valence-electron chi connectivity index (χ1n) is 3.55. The molecule has 2 aliphatic heterocycles. The first-order chi connectivity index (χ1) is 6.16. The standard InChI is InChI=1S/C6H6O6S/c7-5-9-1-2(10-5)3-4(13)12-6(8)11-3/h2-4,13H,1H2. The third kappa shape index (κ3) is 1.51. The molecule has 3 atom stereocenters. The van der Waals surface area contributed by atoms with E-state index in [1.165, 1.54) is 0 Å². The second-order valence-corrected chi connectivity index (χ2v) is 3.07. The summed E-state index contributed by atoms with van der Waals surface area (Å²) in [4.78, 5) is 21.2. The monoisotopic (exact) mass is 206 g/mol. The molecule has 13 heavy (non-hydrogen) atoms. The minimum Gasteiger partial charge on any atom is -0.430 e. The van der Waals surface area contributed by atoms with Crippen LogP contribution in [0.15, 0.2) is 0 Å². The van der Waals surface area contributed by atoms with Crippen LogP contribution in [0.1, 0.15) is 0 Å². The summed E-state index contributed by atoms with van der Waals surface area (Å²) in [5.41, 5.74) is -0.716. The average Bonchev–Trinajstić information content (AvgIpc) is 2.58. The van der Waals surface area contributed by atoms with E-state index < -0.39 is 30.0 Å². The molecule has 0 aromatic carbocycles. The van der Waals surface area contributed by atoms with Gasteiger partial charge in [0.2, 0.25) is 0 Å². The Bertz CT molecular complexity index is 254. The zero-order chi connectivity index (χ0) is 9.42. The van der Waals surface area contributed by atoms with Crippen LogP contribution < -0.4 is 0 Å². The summed E-state index contributed by atoms with van der Waals surface area (Å²) < 4.78 is 18.5. The molecule has 2 aliphatic rings. The maximum absolute atomic E-state index is 10.6. The molecule has 0 bridgehead atoms. The van der Waals surface area contributed by atoms with E-state index in [4.69, 9.17) is 9.47 Å². The molecule has 0 aliphatic carbocycles. The molecule has 0 aromatic rings. The summed E-state index contributed by atoms with van der Waals surface area (Å²) in [6.07, 6.45) is -2.90. The molecule has 6 nitrogen and oxygen atoms in total. The van der Waals surface area contributed by atoms with Crippen molar-refractivity contribution in [3.8, 4) is 0 Å². The first kappa shape index (κ1) is 8.49. The number of hydrogen-bond acceptors (Lipinski definition) is 7. The van der Waals surface area contributed by atoms with Crippen LogP contribution in [0.5, 0.6) is 0 Å². The summed E-state index contributed by atoms with van der Waals surface area (Å²) >= 11 is 3.94. The molecule has 0 saturated carbocycles. The Morgan fingerprint density at radius 2 is 1.92 bits per heavy atom. The quantitative estimate of drug-likeness (QED) is 0.492. The van der Waals surface area contributed by atoms with E-state index in [1.807, 2.05) is 0 Å². The largest absolute Gasteiger partial charge is 0.510 e. The molecule has 0 radical (unpaired) electrons. The van der Waals surface area contributed by atoms with Crippen molar-refractivity contribution >= 4 is 24.9 Å². The van der Waals surface area contributed by atoms with Gasteiger partial charge in [-0.05, 0) is 0 Å². The molecule has 0 amide bonds. The van der Waals surface area contributed by atoms with Crippen molar-refractivity contribution in [2.75, 3.05) is 6.61 Å². The lowest BCUT2D eigenvalue weighted by molar-refractivity contribution is 0.0402. The number of ether oxygens (including phenoxy) is 4. The van der Waals surface area contributed by atoms with Crippen molar-refractivity contribution in [1.82, 2.24) is 0 Å². The van der Waals surface area contributed by atoms with Gasteiger partial charge in [0.25, 0.3) is 0 Å². The van der Waals surface area contributed by atoms with Gasteiger partial charge in [-0.3, -0.25) is 0 Å². The minimum atomic E-state index is -0.812. The highest BCUT2D eigenvalue weighted by molar-refractivity contribution is 7.80. The van der Waals surface area contributed by atoms with E-state index in [2.05, 4.69) is 22.1 Å². The van der Waals surface area contributed by atoms with Crippen molar-refractivity contribution in [3.05, 3.63) is 0 Å². The van der Waals surface area contributed by atoms with E-state index in [1.54, 1.807) is 0 Å². The van der Waals surface area contributed by atoms with Gasteiger partial charge in [0, 0.05) is 0 Å². The molecule has 2 heterocycles. The third-order valence-corrected chi connectivity index (χ3v) is 2.11. The summed E-state index contributed by atoms with van der Waals surface area (Å²) in [6, 6.07) is 0. The van der Waals surface area contributed by atoms with Gasteiger partial charge in [-0.1, -0.05) is 0 Å². The third-order valence-electron chi connectivity index (χ3n) is 1.71. The fraction of sp³-hybridized carbons (Fsp3) is 0.667. The lowest BCUT2D eigenvalue weighted by Gasteiger charge is -2.13. The van der Waals surface area contributed by atoms with E-state index in [9.17, 15) is 9.59 Å². The second kappa shape index (κ2) is 2.99. The summed E-state index contributed by atoms with van der Waals surface area (Å²) in [7, 11) is 0. The van der Waals surface area contributed by atoms with Crippen LogP contribution in [-0.2, 0) is 18.9 Å². The number of hydrogen-bond donors (Lipinski definition) is 1. The summed E-state index contributed by atoms with van der Waals surface area (Å²) in [5.74, 6) is 0. The van der Waals surface area contributed by atoms with Gasteiger partial charge in [0.05, 0.1) is 0 Å². The molecule has 72 valence electrons. The van der Waals surface area contributed by atoms with Crippen LogP contribution in [0, 0.1) is 0 Å². The Morgan fingerprint density at radius 3 is 2.38 bits per heavy atom. The van der Waals surface area contributed by atoms with Crippen LogP contribution in [-0.4, -0.2) is 36.6 Å². The Balaban J connectivity index is 2.01. The smallest absolute Gasteiger partial charge is 0.430 e. The SMILES string of the molecule is O=C1OCC(C2OC(=O)OC2S)O1. The molecule has 2 saturated heterocycles. The van der Waals surface area contributed by atoms with Gasteiger partial charge >= 0.3 is 12.3 Å². The Labute approximate surface area is 78.5 Å². The molecule has 2 fully saturated rings. The number of rotatable bonds is 1. The van der Waals surface area contributed by atoms with E-state index in [0.717, 1.165) is 0 Å². The normalized spacial score (nSPS) is 37.8. The van der Waals surface area contributed by atoms with Crippen LogP contribution >= 0.6 is 12.6 Å². The molecule has 0 aromatic heterocycles. The highest BCUT2D eigenvalue weighted by Gasteiger charge is 2.45. The molecule has 0 spiro atoms. The molecular formula is C6H6O6S. The van der Waals surface area contributed by atoms with Gasteiger partial charge in [0.1, 0.15) is 6.61 Å². The van der Waals surface area contributed by atoms with Gasteiger partial charge in [-0.25, -0.2) is 9.59 Å². The zero-order valence-electron chi connectivity index (χ0n) is 6.34. The fourth-order valence-electron chi connectivity index (χ4n) is 1.13. The minimum absolute atomic E-state index is 0.0528. The number of carbonyl (C=O) groups excluding carboxylic acids is 2. The Morgan fingerprint density at radius 1 is 1.15 bits per heavy atom. The molecule has 7 heteroatoms. The van der Waals surface area contributed by atoms with Crippen molar-refractivity contribution < 1.29 is 28.5 Å². The van der Waals surface area contributed by atoms with Crippen LogP contribution in [0.2, 0.25) is 0 Å². The zero-order valence-corrected chi connectivity index (χ0v) is 7.23. The van der Waals surface area contributed by atoms with Crippen LogP contribution in [0.25, 0.3) is 0 Å². The van der Waals surface area contributed by atoms with E-state index in [0.29, 0.717) is 0 Å². The second-order valence-electron chi connectivity index (χ2n) is 2.56. The van der Waals surface area contributed by atoms with Crippen LogP contribution in [0.4, 0.5) is 9.59 Å². The van der Waals surface area contributed by atoms with E-state index >= 15 is 0 Å². The number of cyclic esters (lactones) is 4. The lowest BCUT2D eigenvalue weighted by Crippen LogP contribution is -2.34. The first-order valence-corrected chi connectivity index (χ1v) is 4.07. The number of carbonyl (C=O) groups is 2. The fourth-order valence-corrected chi connectivity index (χ4v) is 1.46. The van der Waals surface area contributed by atoms with Gasteiger partial charge in [0.15, 0.2) is 17.6 Å². The van der Waals surface area contributed by atoms with Crippen molar-refractivity contribution in [3.63, 3.8) is 0 Å². The van der Waals surface area contributed by atoms with Crippen molar-refractivity contribution in [2.24, 2.45) is 0 Å². The molecule has 2 rings (SSSR count). The van der Waals surface area contributed by atoms with Crippen LogP contribution in [0.3, 0.4) is 0 Å². The maximum atomic E-state index is 10.6. The Hall–Kier alpha value is -1.11. The molecular weight excluding hydrogens is 200 g/mol. The summed E-state index contributed by atoms with van der Waals surface area (Å²) in [6.45, 7) is 0.0528.